The number of hydrogen-bond acceptors (Lipinski definition) is 2. The van der Waals surface area contributed by atoms with Gasteiger partial charge in [-0.3, -0.25) is 0 Å². The fourth-order valence-electron chi connectivity index (χ4n) is 1.82. The van der Waals surface area contributed by atoms with Crippen LogP contribution in [-0.4, -0.2) is 12.8 Å². The van der Waals surface area contributed by atoms with Crippen molar-refractivity contribution in [2.24, 2.45) is 5.16 Å². The summed E-state index contributed by atoms with van der Waals surface area (Å²) in [6, 6.07) is 16.7. The molecule has 0 unspecified atom stereocenters. The molecule has 0 saturated heterocycles. The van der Waals surface area contributed by atoms with Gasteiger partial charge in [0.25, 0.3) is 0 Å². The van der Waals surface area contributed by atoms with Gasteiger partial charge in [0, 0.05) is 0 Å². The maximum absolute atomic E-state index is 4.94. The second kappa shape index (κ2) is 6.01. The molecule has 0 amide bonds. The van der Waals surface area contributed by atoms with Crippen molar-refractivity contribution < 1.29 is 4.84 Å². The van der Waals surface area contributed by atoms with Crippen LogP contribution in [0.15, 0.2) is 53.7 Å². The number of oxime groups is 1. The molecule has 0 fully saturated rings. The lowest BCUT2D eigenvalue weighted by molar-refractivity contribution is 0.160. The van der Waals surface area contributed by atoms with Crippen LogP contribution in [0.3, 0.4) is 0 Å². The standard InChI is InChI=1S/C16H17NO/c1-3-18-17-12-14-8-10-15(11-9-14)16-7-5-4-6-13(16)2/h4-12H,3H2,1-2H3/b17-12+. The molecule has 2 heteroatoms. The fraction of sp³-hybridized carbons (Fsp3) is 0.188. The molecule has 0 spiro atoms. The van der Waals surface area contributed by atoms with E-state index in [9.17, 15) is 0 Å². The van der Waals surface area contributed by atoms with Crippen molar-refractivity contribution in [1.29, 1.82) is 0 Å². The first-order valence-electron chi connectivity index (χ1n) is 6.12. The lowest BCUT2D eigenvalue weighted by Crippen LogP contribution is -1.86. The number of hydrogen-bond donors (Lipinski definition) is 0. The second-order valence-corrected chi connectivity index (χ2v) is 4.09. The summed E-state index contributed by atoms with van der Waals surface area (Å²) in [4.78, 5) is 4.94. The summed E-state index contributed by atoms with van der Waals surface area (Å²) < 4.78 is 0. The van der Waals surface area contributed by atoms with Crippen LogP contribution in [0, 0.1) is 6.92 Å². The van der Waals surface area contributed by atoms with Crippen LogP contribution in [0.2, 0.25) is 0 Å². The molecule has 2 nitrogen and oxygen atoms in total. The van der Waals surface area contributed by atoms with E-state index in [0.29, 0.717) is 6.61 Å². The van der Waals surface area contributed by atoms with Gasteiger partial charge in [0.05, 0.1) is 6.21 Å². The van der Waals surface area contributed by atoms with E-state index in [4.69, 9.17) is 4.84 Å². The minimum absolute atomic E-state index is 0.595. The summed E-state index contributed by atoms with van der Waals surface area (Å²) >= 11 is 0. The normalized spacial score (nSPS) is 10.8. The molecule has 0 heterocycles. The molecule has 0 aliphatic heterocycles. The first kappa shape index (κ1) is 12.4. The van der Waals surface area contributed by atoms with E-state index in [1.807, 2.05) is 19.1 Å². The molecule has 0 aliphatic carbocycles. The highest BCUT2D eigenvalue weighted by Crippen LogP contribution is 2.22. The zero-order valence-electron chi connectivity index (χ0n) is 10.8. The molecule has 0 N–H and O–H groups in total. The number of aryl methyl sites for hydroxylation is 1. The summed E-state index contributed by atoms with van der Waals surface area (Å²) in [6.45, 7) is 4.64. The average Bonchev–Trinajstić information content (AvgIpc) is 2.41. The summed E-state index contributed by atoms with van der Waals surface area (Å²) in [5.74, 6) is 0. The third-order valence-electron chi connectivity index (χ3n) is 2.77. The summed E-state index contributed by atoms with van der Waals surface area (Å²) in [7, 11) is 0. The quantitative estimate of drug-likeness (QED) is 0.583. The van der Waals surface area contributed by atoms with Crippen molar-refractivity contribution in [2.45, 2.75) is 13.8 Å². The van der Waals surface area contributed by atoms with E-state index >= 15 is 0 Å². The Bertz CT molecular complexity index is 529. The van der Waals surface area contributed by atoms with Gasteiger partial charge >= 0.3 is 0 Å². The predicted molar refractivity (Wildman–Crippen MR) is 75.8 cm³/mol. The van der Waals surface area contributed by atoms with Crippen molar-refractivity contribution in [3.05, 3.63) is 59.7 Å². The van der Waals surface area contributed by atoms with Crippen LogP contribution < -0.4 is 0 Å². The summed E-state index contributed by atoms with van der Waals surface area (Å²) in [5.41, 5.74) is 4.82. The maximum Gasteiger partial charge on any atom is 0.114 e. The number of benzene rings is 2. The monoisotopic (exact) mass is 239 g/mol. The Morgan fingerprint density at radius 1 is 1.06 bits per heavy atom. The van der Waals surface area contributed by atoms with E-state index in [1.54, 1.807) is 6.21 Å². The van der Waals surface area contributed by atoms with E-state index in [2.05, 4.69) is 48.5 Å². The van der Waals surface area contributed by atoms with Crippen molar-refractivity contribution in [3.63, 3.8) is 0 Å². The van der Waals surface area contributed by atoms with Crippen LogP contribution in [0.1, 0.15) is 18.1 Å². The maximum atomic E-state index is 4.94. The highest BCUT2D eigenvalue weighted by molar-refractivity contribution is 5.80. The van der Waals surface area contributed by atoms with Gasteiger partial charge in [0.15, 0.2) is 0 Å². The molecular weight excluding hydrogens is 222 g/mol. The smallest absolute Gasteiger partial charge is 0.114 e. The van der Waals surface area contributed by atoms with Gasteiger partial charge in [0.1, 0.15) is 6.61 Å². The van der Waals surface area contributed by atoms with Gasteiger partial charge < -0.3 is 4.84 Å². The molecule has 0 bridgehead atoms. The minimum atomic E-state index is 0.595. The van der Waals surface area contributed by atoms with Crippen molar-refractivity contribution in [3.8, 4) is 11.1 Å². The summed E-state index contributed by atoms with van der Waals surface area (Å²) in [6.07, 6.45) is 1.73. The molecule has 0 aliphatic rings. The largest absolute Gasteiger partial charge is 0.396 e. The third-order valence-corrected chi connectivity index (χ3v) is 2.77. The van der Waals surface area contributed by atoms with Gasteiger partial charge in [-0.2, -0.15) is 0 Å². The van der Waals surface area contributed by atoms with Crippen LogP contribution in [0.25, 0.3) is 11.1 Å². The van der Waals surface area contributed by atoms with E-state index in [1.165, 1.54) is 16.7 Å². The predicted octanol–water partition coefficient (Wildman–Crippen LogP) is 4.03. The fourth-order valence-corrected chi connectivity index (χ4v) is 1.82. The Morgan fingerprint density at radius 3 is 2.44 bits per heavy atom. The highest BCUT2D eigenvalue weighted by atomic mass is 16.6. The Labute approximate surface area is 108 Å². The molecule has 92 valence electrons. The zero-order valence-corrected chi connectivity index (χ0v) is 10.8. The molecule has 2 aromatic carbocycles. The highest BCUT2D eigenvalue weighted by Gasteiger charge is 2.00. The number of rotatable bonds is 4. The third kappa shape index (κ3) is 2.98. The Balaban J connectivity index is 2.20. The average molecular weight is 239 g/mol. The van der Waals surface area contributed by atoms with Gasteiger partial charge in [-0.25, -0.2) is 0 Å². The van der Waals surface area contributed by atoms with Gasteiger partial charge in [-0.15, -0.1) is 0 Å². The molecule has 2 aromatic rings. The van der Waals surface area contributed by atoms with Gasteiger partial charge in [-0.1, -0.05) is 53.7 Å². The van der Waals surface area contributed by atoms with Crippen molar-refractivity contribution >= 4 is 6.21 Å². The Morgan fingerprint density at radius 2 is 1.78 bits per heavy atom. The molecule has 2 rings (SSSR count). The second-order valence-electron chi connectivity index (χ2n) is 4.09. The molecule has 0 saturated carbocycles. The Hall–Kier alpha value is -2.09. The van der Waals surface area contributed by atoms with Crippen LogP contribution in [-0.2, 0) is 4.84 Å². The molecule has 0 aromatic heterocycles. The molecule has 0 atom stereocenters. The SMILES string of the molecule is CCO/N=C/c1ccc(-c2ccccc2C)cc1. The van der Waals surface area contributed by atoms with E-state index in [-0.39, 0.29) is 0 Å². The van der Waals surface area contributed by atoms with E-state index in [0.717, 1.165) is 5.56 Å². The molecular formula is C16H17NO. The van der Waals surface area contributed by atoms with Crippen LogP contribution in [0.5, 0.6) is 0 Å². The lowest BCUT2D eigenvalue weighted by Gasteiger charge is -2.05. The van der Waals surface area contributed by atoms with Crippen LogP contribution >= 0.6 is 0 Å². The first-order valence-corrected chi connectivity index (χ1v) is 6.12. The minimum Gasteiger partial charge on any atom is -0.396 e. The summed E-state index contributed by atoms with van der Waals surface area (Å²) in [5, 5.41) is 3.86. The zero-order chi connectivity index (χ0) is 12.8. The first-order chi connectivity index (χ1) is 8.81. The van der Waals surface area contributed by atoms with Crippen LogP contribution in [0.4, 0.5) is 0 Å². The molecule has 0 radical (unpaired) electrons. The van der Waals surface area contributed by atoms with Crippen molar-refractivity contribution in [1.82, 2.24) is 0 Å². The molecule has 18 heavy (non-hydrogen) atoms. The Kier molecular flexibility index (Phi) is 4.13. The lowest BCUT2D eigenvalue weighted by atomic mass is 10.00. The number of nitrogens with zero attached hydrogens (tertiary/aromatic N) is 1. The van der Waals surface area contributed by atoms with Gasteiger partial charge in [0.2, 0.25) is 0 Å². The topological polar surface area (TPSA) is 21.6 Å². The van der Waals surface area contributed by atoms with E-state index < -0.39 is 0 Å². The van der Waals surface area contributed by atoms with Crippen molar-refractivity contribution in [2.75, 3.05) is 6.61 Å². The van der Waals surface area contributed by atoms with Gasteiger partial charge in [-0.05, 0) is 36.1 Å².